The summed E-state index contributed by atoms with van der Waals surface area (Å²) in [6.45, 7) is 6.64. The first-order valence-electron chi connectivity index (χ1n) is 12.7. The van der Waals surface area contributed by atoms with E-state index < -0.39 is 5.82 Å². The van der Waals surface area contributed by atoms with Crippen LogP contribution in [0.2, 0.25) is 0 Å². The number of hydrogen-bond donors (Lipinski definition) is 2. The number of piperazine rings is 2. The second-order valence-corrected chi connectivity index (χ2v) is 9.73. The fourth-order valence-corrected chi connectivity index (χ4v) is 5.07. The third-order valence-corrected chi connectivity index (χ3v) is 7.30. The molecule has 10 heteroatoms. The summed E-state index contributed by atoms with van der Waals surface area (Å²) in [5, 5.41) is 11.3. The van der Waals surface area contributed by atoms with Gasteiger partial charge in [0.25, 0.3) is 11.5 Å². The Labute approximate surface area is 214 Å². The first-order valence-corrected chi connectivity index (χ1v) is 12.7. The normalized spacial score (nSPS) is 18.8. The molecule has 0 spiro atoms. The standard InChI is InChI=1S/C27H31FN6O3/c1-18-16-29-8-9-34(18)17-25(35)32-10-12-33(13-11-32)27(37)22-14-19(6-7-23(22)28)15-24-20-4-2-3-5-21(20)26(36)31-30-24/h2-7,14,18,29H,8-13,15-17H2,1H3,(H,31,36)/t18-/m1/s1. The van der Waals surface area contributed by atoms with E-state index in [1.54, 1.807) is 34.1 Å². The number of halogens is 1. The molecule has 5 rings (SSSR count). The Morgan fingerprint density at radius 3 is 2.51 bits per heavy atom. The number of rotatable bonds is 5. The van der Waals surface area contributed by atoms with E-state index in [1.807, 2.05) is 12.1 Å². The van der Waals surface area contributed by atoms with Gasteiger partial charge >= 0.3 is 0 Å². The van der Waals surface area contributed by atoms with Gasteiger partial charge in [-0.1, -0.05) is 24.3 Å². The highest BCUT2D eigenvalue weighted by Crippen LogP contribution is 2.20. The number of carbonyl (C=O) groups excluding carboxylic acids is 2. The first kappa shape index (κ1) is 25.0. The molecule has 37 heavy (non-hydrogen) atoms. The molecule has 2 aliphatic rings. The highest BCUT2D eigenvalue weighted by molar-refractivity contribution is 5.95. The zero-order chi connectivity index (χ0) is 25.9. The number of aromatic nitrogens is 2. The van der Waals surface area contributed by atoms with Crippen molar-refractivity contribution in [3.8, 4) is 0 Å². The van der Waals surface area contributed by atoms with E-state index in [4.69, 9.17) is 0 Å². The third kappa shape index (κ3) is 5.40. The van der Waals surface area contributed by atoms with E-state index >= 15 is 0 Å². The van der Waals surface area contributed by atoms with Gasteiger partial charge in [0.05, 0.1) is 23.2 Å². The van der Waals surface area contributed by atoms with Crippen LogP contribution in [0.4, 0.5) is 4.39 Å². The molecule has 0 bridgehead atoms. The molecule has 0 unspecified atom stereocenters. The van der Waals surface area contributed by atoms with Gasteiger partial charge in [-0.05, 0) is 30.7 Å². The summed E-state index contributed by atoms with van der Waals surface area (Å²) in [4.78, 5) is 43.7. The summed E-state index contributed by atoms with van der Waals surface area (Å²) in [6.07, 6.45) is 0.338. The lowest BCUT2D eigenvalue weighted by Crippen LogP contribution is -2.56. The van der Waals surface area contributed by atoms with Gasteiger partial charge in [0.1, 0.15) is 5.82 Å². The van der Waals surface area contributed by atoms with E-state index in [0.717, 1.165) is 25.0 Å². The molecular formula is C27H31FN6O3. The Morgan fingerprint density at radius 1 is 1.03 bits per heavy atom. The topological polar surface area (TPSA) is 102 Å². The summed E-state index contributed by atoms with van der Waals surface area (Å²) in [5.41, 5.74) is 1.09. The lowest BCUT2D eigenvalue weighted by molar-refractivity contribution is -0.134. The second-order valence-electron chi connectivity index (χ2n) is 9.73. The Kier molecular flexibility index (Phi) is 7.29. The van der Waals surface area contributed by atoms with Gasteiger partial charge < -0.3 is 15.1 Å². The summed E-state index contributed by atoms with van der Waals surface area (Å²) in [5.74, 6) is -0.907. The molecule has 9 nitrogen and oxygen atoms in total. The van der Waals surface area contributed by atoms with E-state index in [2.05, 4.69) is 27.3 Å². The summed E-state index contributed by atoms with van der Waals surface area (Å²) < 4.78 is 14.7. The molecule has 2 N–H and O–H groups in total. The van der Waals surface area contributed by atoms with Gasteiger partial charge in [-0.3, -0.25) is 19.3 Å². The lowest BCUT2D eigenvalue weighted by Gasteiger charge is -2.38. The number of nitrogens with one attached hydrogen (secondary N) is 2. The zero-order valence-corrected chi connectivity index (χ0v) is 20.9. The zero-order valence-electron chi connectivity index (χ0n) is 20.9. The average Bonchev–Trinajstić information content (AvgIpc) is 2.92. The van der Waals surface area contributed by atoms with Crippen LogP contribution >= 0.6 is 0 Å². The Morgan fingerprint density at radius 2 is 1.76 bits per heavy atom. The van der Waals surface area contributed by atoms with Gasteiger partial charge in [-0.2, -0.15) is 5.10 Å². The highest BCUT2D eigenvalue weighted by Gasteiger charge is 2.28. The fourth-order valence-electron chi connectivity index (χ4n) is 5.07. The molecule has 1 atom stereocenters. The molecule has 3 heterocycles. The van der Waals surface area contributed by atoms with Crippen molar-refractivity contribution in [2.75, 3.05) is 52.4 Å². The number of carbonyl (C=O) groups is 2. The first-order chi connectivity index (χ1) is 17.9. The van der Waals surface area contributed by atoms with Crippen molar-refractivity contribution >= 4 is 22.6 Å². The minimum absolute atomic E-state index is 0.000600. The van der Waals surface area contributed by atoms with Gasteiger partial charge in [0.15, 0.2) is 0 Å². The molecule has 2 aromatic carbocycles. The van der Waals surface area contributed by atoms with E-state index in [9.17, 15) is 18.8 Å². The van der Waals surface area contributed by atoms with Crippen LogP contribution in [0.5, 0.6) is 0 Å². The average molecular weight is 507 g/mol. The minimum atomic E-state index is -0.584. The van der Waals surface area contributed by atoms with Crippen LogP contribution in [0.1, 0.15) is 28.5 Å². The smallest absolute Gasteiger partial charge is 0.272 e. The number of fused-ring (bicyclic) bond motifs is 1. The molecule has 0 radical (unpaired) electrons. The third-order valence-electron chi connectivity index (χ3n) is 7.30. The summed E-state index contributed by atoms with van der Waals surface area (Å²) in [7, 11) is 0. The predicted octanol–water partition coefficient (Wildman–Crippen LogP) is 1.23. The number of H-pyrrole nitrogens is 1. The number of hydrogen-bond acceptors (Lipinski definition) is 6. The molecule has 2 aliphatic heterocycles. The van der Waals surface area contributed by atoms with Crippen molar-refractivity contribution in [3.05, 3.63) is 75.5 Å². The van der Waals surface area contributed by atoms with Gasteiger partial charge in [0, 0.05) is 63.7 Å². The van der Waals surface area contributed by atoms with Crippen LogP contribution in [-0.4, -0.2) is 95.1 Å². The molecule has 1 aromatic heterocycles. The number of aromatic amines is 1. The van der Waals surface area contributed by atoms with Crippen molar-refractivity contribution in [3.63, 3.8) is 0 Å². The van der Waals surface area contributed by atoms with Crippen molar-refractivity contribution in [1.82, 2.24) is 30.2 Å². The maximum Gasteiger partial charge on any atom is 0.272 e. The summed E-state index contributed by atoms with van der Waals surface area (Å²) >= 11 is 0. The predicted molar refractivity (Wildman–Crippen MR) is 138 cm³/mol. The molecular weight excluding hydrogens is 475 g/mol. The fraction of sp³-hybridized carbons (Fsp3) is 0.407. The van der Waals surface area contributed by atoms with Crippen LogP contribution in [0.3, 0.4) is 0 Å². The largest absolute Gasteiger partial charge is 0.338 e. The monoisotopic (exact) mass is 506 g/mol. The van der Waals surface area contributed by atoms with Crippen LogP contribution in [0.25, 0.3) is 10.8 Å². The Bertz CT molecular complexity index is 1370. The molecule has 3 aromatic rings. The van der Waals surface area contributed by atoms with Crippen LogP contribution in [0, 0.1) is 5.82 Å². The lowest BCUT2D eigenvalue weighted by atomic mass is 10.0. The van der Waals surface area contributed by atoms with Crippen LogP contribution in [0.15, 0.2) is 47.3 Å². The van der Waals surface area contributed by atoms with E-state index in [0.29, 0.717) is 61.8 Å². The number of nitrogens with zero attached hydrogens (tertiary/aromatic N) is 4. The van der Waals surface area contributed by atoms with Gasteiger partial charge in [-0.15, -0.1) is 0 Å². The Balaban J connectivity index is 1.25. The molecule has 2 saturated heterocycles. The molecule has 0 saturated carbocycles. The molecule has 2 amide bonds. The van der Waals surface area contributed by atoms with Crippen molar-refractivity contribution in [1.29, 1.82) is 0 Å². The number of benzene rings is 2. The maximum absolute atomic E-state index is 14.7. The molecule has 194 valence electrons. The molecule has 2 fully saturated rings. The van der Waals surface area contributed by atoms with Crippen molar-refractivity contribution < 1.29 is 14.0 Å². The highest BCUT2D eigenvalue weighted by atomic mass is 19.1. The van der Waals surface area contributed by atoms with Crippen molar-refractivity contribution in [2.24, 2.45) is 0 Å². The van der Waals surface area contributed by atoms with E-state index in [1.165, 1.54) is 6.07 Å². The SMILES string of the molecule is C[C@@H]1CNCCN1CC(=O)N1CCN(C(=O)c2cc(Cc3n[nH]c(=O)c4ccccc34)ccc2F)CC1. The van der Waals surface area contributed by atoms with Gasteiger partial charge in [0.2, 0.25) is 5.91 Å². The second kappa shape index (κ2) is 10.8. The molecule has 0 aliphatic carbocycles. The number of amides is 2. The quantitative estimate of drug-likeness (QED) is 0.540. The minimum Gasteiger partial charge on any atom is -0.338 e. The van der Waals surface area contributed by atoms with Crippen molar-refractivity contribution in [2.45, 2.75) is 19.4 Å². The van der Waals surface area contributed by atoms with Crippen LogP contribution < -0.4 is 10.9 Å². The summed E-state index contributed by atoms with van der Waals surface area (Å²) in [6, 6.07) is 12.0. The van der Waals surface area contributed by atoms with Crippen LogP contribution in [-0.2, 0) is 11.2 Å². The maximum atomic E-state index is 14.7. The van der Waals surface area contributed by atoms with E-state index in [-0.39, 0.29) is 22.9 Å². The Hall–Kier alpha value is -3.63. The van der Waals surface area contributed by atoms with Gasteiger partial charge in [-0.25, -0.2) is 9.49 Å².